The first kappa shape index (κ1) is 23.2. The molecule has 0 atom stereocenters. The van der Waals surface area contributed by atoms with Gasteiger partial charge < -0.3 is 14.2 Å². The summed E-state index contributed by atoms with van der Waals surface area (Å²) < 4.78 is 21.7. The monoisotopic (exact) mass is 491 g/mol. The molecule has 7 nitrogen and oxygen atoms in total. The van der Waals surface area contributed by atoms with E-state index >= 15 is 0 Å². The van der Waals surface area contributed by atoms with E-state index in [1.807, 2.05) is 63.8 Å². The Morgan fingerprint density at radius 3 is 2.51 bits per heavy atom. The number of rotatable bonds is 7. The van der Waals surface area contributed by atoms with E-state index < -0.39 is 0 Å². The van der Waals surface area contributed by atoms with Gasteiger partial charge in [0.15, 0.2) is 16.7 Å². The number of hydrogen-bond donors (Lipinski definition) is 0. The van der Waals surface area contributed by atoms with Crippen molar-refractivity contribution in [2.75, 3.05) is 31.1 Å². The van der Waals surface area contributed by atoms with Gasteiger partial charge in [-0.15, -0.1) is 10.2 Å². The molecule has 5 rings (SSSR count). The van der Waals surface area contributed by atoms with Crippen LogP contribution in [0, 0.1) is 5.82 Å². The van der Waals surface area contributed by atoms with Gasteiger partial charge in [-0.25, -0.2) is 4.39 Å². The van der Waals surface area contributed by atoms with E-state index in [1.54, 1.807) is 30.2 Å². The molecule has 0 bridgehead atoms. The number of furan rings is 1. The first-order valence-electron chi connectivity index (χ1n) is 11.6. The van der Waals surface area contributed by atoms with Crippen LogP contribution >= 0.6 is 11.8 Å². The molecule has 1 amide bonds. The Bertz CT molecular complexity index is 1300. The molecule has 1 aliphatic rings. The van der Waals surface area contributed by atoms with Gasteiger partial charge in [0, 0.05) is 44.0 Å². The van der Waals surface area contributed by atoms with Gasteiger partial charge in [-0.05, 0) is 42.8 Å². The van der Waals surface area contributed by atoms with Crippen LogP contribution in [0.25, 0.3) is 11.6 Å². The number of hydrogen-bond acceptors (Lipinski definition) is 6. The van der Waals surface area contributed by atoms with Crippen LogP contribution in [-0.4, -0.2) is 51.8 Å². The molecule has 0 aliphatic carbocycles. The number of halogens is 1. The van der Waals surface area contributed by atoms with Gasteiger partial charge in [0.05, 0.1) is 12.0 Å². The quantitative estimate of drug-likeness (QED) is 0.341. The third-order valence-corrected chi connectivity index (χ3v) is 7.15. The fraction of sp³-hybridized carbons (Fsp3) is 0.269. The highest BCUT2D eigenvalue weighted by molar-refractivity contribution is 7.98. The molecular formula is C26H26FN5O2S. The summed E-state index contributed by atoms with van der Waals surface area (Å²) in [6, 6.07) is 18.2. The molecule has 2 aromatic carbocycles. The number of carbonyl (C=O) groups is 1. The van der Waals surface area contributed by atoms with Gasteiger partial charge in [-0.1, -0.05) is 42.1 Å². The lowest BCUT2D eigenvalue weighted by atomic mass is 10.1. The molecule has 9 heteroatoms. The highest BCUT2D eigenvalue weighted by atomic mass is 32.2. The number of carbonyl (C=O) groups excluding carboxylic acids is 1. The molecule has 0 saturated carbocycles. The van der Waals surface area contributed by atoms with E-state index in [9.17, 15) is 9.18 Å². The van der Waals surface area contributed by atoms with E-state index in [1.165, 1.54) is 6.07 Å². The predicted molar refractivity (Wildman–Crippen MR) is 134 cm³/mol. The Hall–Kier alpha value is -3.59. The summed E-state index contributed by atoms with van der Waals surface area (Å²) in [4.78, 5) is 17.2. The van der Waals surface area contributed by atoms with E-state index in [-0.39, 0.29) is 11.7 Å². The van der Waals surface area contributed by atoms with E-state index in [4.69, 9.17) is 4.42 Å². The highest BCUT2D eigenvalue weighted by Crippen LogP contribution is 2.28. The van der Waals surface area contributed by atoms with Crippen molar-refractivity contribution in [1.82, 2.24) is 19.7 Å². The molecule has 0 spiro atoms. The average Bonchev–Trinajstić information content (AvgIpc) is 3.57. The first-order chi connectivity index (χ1) is 17.2. The van der Waals surface area contributed by atoms with Crippen LogP contribution in [0.5, 0.6) is 0 Å². The average molecular weight is 492 g/mol. The van der Waals surface area contributed by atoms with Crippen molar-refractivity contribution >= 4 is 23.4 Å². The van der Waals surface area contributed by atoms with Gasteiger partial charge in [-0.2, -0.15) is 0 Å². The van der Waals surface area contributed by atoms with Gasteiger partial charge in [0.1, 0.15) is 5.82 Å². The van der Waals surface area contributed by atoms with Crippen LogP contribution in [0.3, 0.4) is 0 Å². The van der Waals surface area contributed by atoms with Gasteiger partial charge in [0.2, 0.25) is 0 Å². The van der Waals surface area contributed by atoms with Crippen LogP contribution < -0.4 is 4.90 Å². The number of para-hydroxylation sites is 1. The molecule has 0 radical (unpaired) electrons. The number of nitrogens with zero attached hydrogens (tertiary/aromatic N) is 5. The Labute approximate surface area is 207 Å². The molecular weight excluding hydrogens is 465 g/mol. The molecule has 1 fully saturated rings. The summed E-state index contributed by atoms with van der Waals surface area (Å²) in [5, 5.41) is 9.43. The summed E-state index contributed by atoms with van der Waals surface area (Å²) in [5.74, 6) is 1.73. The molecule has 0 unspecified atom stereocenters. The van der Waals surface area contributed by atoms with Crippen LogP contribution in [0.1, 0.15) is 22.8 Å². The van der Waals surface area contributed by atoms with Gasteiger partial charge >= 0.3 is 0 Å². The van der Waals surface area contributed by atoms with Crippen molar-refractivity contribution in [2.45, 2.75) is 24.4 Å². The second-order valence-electron chi connectivity index (χ2n) is 8.20. The van der Waals surface area contributed by atoms with Crippen molar-refractivity contribution < 1.29 is 13.6 Å². The van der Waals surface area contributed by atoms with E-state index in [0.717, 1.165) is 10.7 Å². The van der Waals surface area contributed by atoms with E-state index in [0.29, 0.717) is 61.3 Å². The molecule has 35 heavy (non-hydrogen) atoms. The van der Waals surface area contributed by atoms with Crippen LogP contribution in [0.2, 0.25) is 0 Å². The maximum Gasteiger partial charge on any atom is 0.254 e. The summed E-state index contributed by atoms with van der Waals surface area (Å²) in [7, 11) is 0. The molecule has 4 aromatic rings. The zero-order valence-electron chi connectivity index (χ0n) is 19.4. The first-order valence-corrected chi connectivity index (χ1v) is 12.6. The fourth-order valence-electron chi connectivity index (χ4n) is 4.29. The zero-order valence-corrected chi connectivity index (χ0v) is 20.2. The normalized spacial score (nSPS) is 13.9. The SMILES string of the molecule is CCn1c(SCc2ccccc2C(=O)N2CCN(c3ccccc3F)CC2)nnc1-c1ccco1. The topological polar surface area (TPSA) is 67.4 Å². The zero-order chi connectivity index (χ0) is 24.2. The highest BCUT2D eigenvalue weighted by Gasteiger charge is 2.25. The van der Waals surface area contributed by atoms with Gasteiger partial charge in [0.25, 0.3) is 5.91 Å². The van der Waals surface area contributed by atoms with Crippen molar-refractivity contribution in [3.63, 3.8) is 0 Å². The van der Waals surface area contributed by atoms with Gasteiger partial charge in [-0.3, -0.25) is 9.36 Å². The minimum Gasteiger partial charge on any atom is -0.461 e. The Morgan fingerprint density at radius 2 is 1.77 bits per heavy atom. The fourth-order valence-corrected chi connectivity index (χ4v) is 5.30. The Morgan fingerprint density at radius 1 is 1.00 bits per heavy atom. The summed E-state index contributed by atoms with van der Waals surface area (Å²) in [6.07, 6.45) is 1.62. The van der Waals surface area contributed by atoms with E-state index in [2.05, 4.69) is 10.2 Å². The second-order valence-corrected chi connectivity index (χ2v) is 9.15. The van der Waals surface area contributed by atoms with Crippen molar-refractivity contribution in [3.8, 4) is 11.6 Å². The number of piperazine rings is 1. The van der Waals surface area contributed by atoms with Crippen LogP contribution in [-0.2, 0) is 12.3 Å². The number of amides is 1. The van der Waals surface area contributed by atoms with Crippen LogP contribution in [0.4, 0.5) is 10.1 Å². The third-order valence-electron chi connectivity index (χ3n) is 6.14. The summed E-state index contributed by atoms with van der Waals surface area (Å²) >= 11 is 1.55. The standard InChI is InChI=1S/C26H26FN5O2S/c1-2-32-24(23-12-7-17-34-23)28-29-26(32)35-18-19-8-3-4-9-20(19)25(33)31-15-13-30(14-16-31)22-11-6-5-10-21(22)27/h3-12,17H,2,13-16,18H2,1H3. The lowest BCUT2D eigenvalue weighted by Crippen LogP contribution is -2.49. The second kappa shape index (κ2) is 10.4. The maximum atomic E-state index is 14.2. The summed E-state index contributed by atoms with van der Waals surface area (Å²) in [5.41, 5.74) is 2.22. The molecule has 1 aliphatic heterocycles. The minimum absolute atomic E-state index is 0.00242. The lowest BCUT2D eigenvalue weighted by Gasteiger charge is -2.36. The van der Waals surface area contributed by atoms with Crippen LogP contribution in [0.15, 0.2) is 76.5 Å². The third kappa shape index (κ3) is 4.81. The largest absolute Gasteiger partial charge is 0.461 e. The lowest BCUT2D eigenvalue weighted by molar-refractivity contribution is 0.0746. The molecule has 180 valence electrons. The number of aromatic nitrogens is 3. The van der Waals surface area contributed by atoms with Crippen molar-refractivity contribution in [1.29, 1.82) is 0 Å². The minimum atomic E-state index is -0.232. The number of anilines is 1. The number of benzene rings is 2. The Kier molecular flexibility index (Phi) is 6.85. The maximum absolute atomic E-state index is 14.2. The smallest absolute Gasteiger partial charge is 0.254 e. The Balaban J connectivity index is 1.27. The molecule has 1 saturated heterocycles. The molecule has 3 heterocycles. The summed E-state index contributed by atoms with van der Waals surface area (Å²) in [6.45, 7) is 5.03. The predicted octanol–water partition coefficient (Wildman–Crippen LogP) is 4.95. The molecule has 2 aromatic heterocycles. The number of thioether (sulfide) groups is 1. The van der Waals surface area contributed by atoms with Crippen molar-refractivity contribution in [3.05, 3.63) is 83.9 Å². The molecule has 0 N–H and O–H groups in total. The van der Waals surface area contributed by atoms with Crippen molar-refractivity contribution in [2.24, 2.45) is 0 Å².